The highest BCUT2D eigenvalue weighted by Crippen LogP contribution is 2.19. The predicted octanol–water partition coefficient (Wildman–Crippen LogP) is 0.158. The molecular weight excluding hydrogens is 320 g/mol. The van der Waals surface area contributed by atoms with Crippen LogP contribution in [0.5, 0.6) is 0 Å². The van der Waals surface area contributed by atoms with Gasteiger partial charge in [0.25, 0.3) is 0 Å². The highest BCUT2D eigenvalue weighted by molar-refractivity contribution is 5.79. The predicted molar refractivity (Wildman–Crippen MR) is 97.4 cm³/mol. The van der Waals surface area contributed by atoms with Crippen molar-refractivity contribution >= 4 is 11.8 Å². The second kappa shape index (κ2) is 10.7. The van der Waals surface area contributed by atoms with Crippen LogP contribution in [0.4, 0.5) is 0 Å². The normalized spacial score (nSPS) is 22.8. The summed E-state index contributed by atoms with van der Waals surface area (Å²) >= 11 is 0. The Kier molecular flexibility index (Phi) is 8.64. The molecule has 144 valence electrons. The summed E-state index contributed by atoms with van der Waals surface area (Å²) in [4.78, 5) is 30.9. The first-order chi connectivity index (χ1) is 12.1. The van der Waals surface area contributed by atoms with Crippen molar-refractivity contribution in [2.75, 3.05) is 66.1 Å². The lowest BCUT2D eigenvalue weighted by molar-refractivity contribution is -0.137. The summed E-state index contributed by atoms with van der Waals surface area (Å²) in [7, 11) is 1.62. The van der Waals surface area contributed by atoms with E-state index in [0.29, 0.717) is 32.3 Å². The van der Waals surface area contributed by atoms with Crippen LogP contribution in [0.3, 0.4) is 0 Å². The molecule has 1 N–H and O–H groups in total. The third-order valence-electron chi connectivity index (χ3n) is 5.24. The van der Waals surface area contributed by atoms with Gasteiger partial charge in [-0.15, -0.1) is 0 Å². The number of rotatable bonds is 8. The Hall–Kier alpha value is -1.18. The van der Waals surface area contributed by atoms with Crippen LogP contribution < -0.4 is 5.32 Å². The van der Waals surface area contributed by atoms with Gasteiger partial charge < -0.3 is 15.0 Å². The number of likely N-dealkylation sites (tertiary alicyclic amines) is 1. The topological polar surface area (TPSA) is 65.1 Å². The molecule has 2 saturated heterocycles. The molecule has 0 radical (unpaired) electrons. The van der Waals surface area contributed by atoms with Crippen molar-refractivity contribution < 1.29 is 14.3 Å². The molecule has 0 aliphatic carbocycles. The highest BCUT2D eigenvalue weighted by Gasteiger charge is 2.27. The quantitative estimate of drug-likeness (QED) is 0.629. The van der Waals surface area contributed by atoms with Crippen molar-refractivity contribution in [1.29, 1.82) is 0 Å². The molecule has 0 aromatic rings. The molecule has 25 heavy (non-hydrogen) atoms. The van der Waals surface area contributed by atoms with E-state index in [0.717, 1.165) is 52.0 Å². The summed E-state index contributed by atoms with van der Waals surface area (Å²) in [5.74, 6) is 0.318. The molecule has 0 aromatic heterocycles. The molecular formula is C18H34N4O3. The summed E-state index contributed by atoms with van der Waals surface area (Å²) < 4.78 is 4.93. The fourth-order valence-electron chi connectivity index (χ4n) is 3.69. The molecule has 2 aliphatic heterocycles. The Morgan fingerprint density at radius 3 is 2.36 bits per heavy atom. The van der Waals surface area contributed by atoms with E-state index >= 15 is 0 Å². The second-order valence-electron chi connectivity index (χ2n) is 7.04. The second-order valence-corrected chi connectivity index (χ2v) is 7.04. The third kappa shape index (κ3) is 6.56. The van der Waals surface area contributed by atoms with Gasteiger partial charge >= 0.3 is 0 Å². The number of carbonyl (C=O) groups excluding carboxylic acids is 2. The molecule has 2 rings (SSSR count). The number of piperidine rings is 1. The molecule has 2 aliphatic rings. The van der Waals surface area contributed by atoms with Crippen LogP contribution in [0.1, 0.15) is 32.6 Å². The van der Waals surface area contributed by atoms with Crippen molar-refractivity contribution in [3.63, 3.8) is 0 Å². The van der Waals surface area contributed by atoms with Gasteiger partial charge in [0.15, 0.2) is 0 Å². The van der Waals surface area contributed by atoms with Crippen LogP contribution in [-0.2, 0) is 14.3 Å². The van der Waals surface area contributed by atoms with Crippen LogP contribution in [0.2, 0.25) is 0 Å². The average Bonchev–Trinajstić information content (AvgIpc) is 2.63. The molecule has 0 saturated carbocycles. The van der Waals surface area contributed by atoms with E-state index in [4.69, 9.17) is 4.74 Å². The largest absolute Gasteiger partial charge is 0.383 e. The van der Waals surface area contributed by atoms with Gasteiger partial charge in [0.1, 0.15) is 0 Å². The van der Waals surface area contributed by atoms with E-state index in [1.807, 2.05) is 0 Å². The zero-order chi connectivity index (χ0) is 18.1. The van der Waals surface area contributed by atoms with Crippen molar-refractivity contribution in [2.24, 2.45) is 0 Å². The summed E-state index contributed by atoms with van der Waals surface area (Å²) in [6.45, 7) is 8.49. The van der Waals surface area contributed by atoms with E-state index in [9.17, 15) is 9.59 Å². The molecule has 0 spiro atoms. The number of carbonyl (C=O) groups is 2. The van der Waals surface area contributed by atoms with Gasteiger partial charge in [0, 0.05) is 52.4 Å². The molecule has 1 atom stereocenters. The summed E-state index contributed by atoms with van der Waals surface area (Å²) in [6.07, 6.45) is 4.58. The van der Waals surface area contributed by atoms with E-state index in [-0.39, 0.29) is 11.8 Å². The van der Waals surface area contributed by atoms with Gasteiger partial charge in [-0.1, -0.05) is 6.92 Å². The van der Waals surface area contributed by atoms with Crippen LogP contribution in [-0.4, -0.2) is 98.6 Å². The first-order valence-corrected chi connectivity index (χ1v) is 9.63. The van der Waals surface area contributed by atoms with Crippen molar-refractivity contribution in [1.82, 2.24) is 20.0 Å². The lowest BCUT2D eigenvalue weighted by Crippen LogP contribution is -2.53. The van der Waals surface area contributed by atoms with E-state index in [2.05, 4.69) is 26.9 Å². The monoisotopic (exact) mass is 354 g/mol. The van der Waals surface area contributed by atoms with Gasteiger partial charge in [-0.05, 0) is 25.7 Å². The maximum absolute atomic E-state index is 12.6. The maximum Gasteiger partial charge on any atom is 0.236 e. The third-order valence-corrected chi connectivity index (χ3v) is 5.24. The Balaban J connectivity index is 1.67. The molecule has 2 fully saturated rings. The number of methoxy groups -OCH3 is 1. The minimum Gasteiger partial charge on any atom is -0.383 e. The Bertz CT molecular complexity index is 425. The summed E-state index contributed by atoms with van der Waals surface area (Å²) in [5, 5.41) is 2.85. The zero-order valence-electron chi connectivity index (χ0n) is 15.8. The van der Waals surface area contributed by atoms with Crippen LogP contribution in [0.25, 0.3) is 0 Å². The Morgan fingerprint density at radius 2 is 1.72 bits per heavy atom. The molecule has 1 unspecified atom stereocenters. The number of hydrogen-bond acceptors (Lipinski definition) is 5. The molecule has 7 nitrogen and oxygen atoms in total. The van der Waals surface area contributed by atoms with Gasteiger partial charge in [-0.2, -0.15) is 0 Å². The van der Waals surface area contributed by atoms with Gasteiger partial charge in [-0.3, -0.25) is 19.4 Å². The Morgan fingerprint density at radius 1 is 1.04 bits per heavy atom. The van der Waals surface area contributed by atoms with Crippen molar-refractivity contribution in [3.8, 4) is 0 Å². The van der Waals surface area contributed by atoms with Crippen LogP contribution in [0, 0.1) is 0 Å². The summed E-state index contributed by atoms with van der Waals surface area (Å²) in [6, 6.07) is 0.429. The minimum atomic E-state index is 0.0423. The lowest BCUT2D eigenvalue weighted by Gasteiger charge is -2.38. The molecule has 0 bridgehead atoms. The standard InChI is InChI=1S/C18H34N4O3/c1-3-16-6-4-5-8-22(16)18(24)15-21-11-9-20(10-12-21)14-17(23)19-7-13-25-2/h16H,3-15H2,1-2H3,(H,19,23). The first kappa shape index (κ1) is 20.1. The first-order valence-electron chi connectivity index (χ1n) is 9.63. The number of ether oxygens (including phenoxy) is 1. The van der Waals surface area contributed by atoms with Gasteiger partial charge in [0.2, 0.25) is 11.8 Å². The molecule has 2 amide bonds. The van der Waals surface area contributed by atoms with Gasteiger partial charge in [-0.25, -0.2) is 0 Å². The van der Waals surface area contributed by atoms with Crippen LogP contribution in [0.15, 0.2) is 0 Å². The zero-order valence-corrected chi connectivity index (χ0v) is 15.8. The minimum absolute atomic E-state index is 0.0423. The molecule has 0 aromatic carbocycles. The highest BCUT2D eigenvalue weighted by atomic mass is 16.5. The number of amides is 2. The van der Waals surface area contributed by atoms with Crippen molar-refractivity contribution in [2.45, 2.75) is 38.6 Å². The van der Waals surface area contributed by atoms with E-state index in [1.165, 1.54) is 6.42 Å². The average molecular weight is 354 g/mol. The number of nitrogens with zero attached hydrogens (tertiary/aromatic N) is 3. The maximum atomic E-state index is 12.6. The fraction of sp³-hybridized carbons (Fsp3) is 0.889. The number of hydrogen-bond donors (Lipinski definition) is 1. The molecule has 2 heterocycles. The smallest absolute Gasteiger partial charge is 0.236 e. The van der Waals surface area contributed by atoms with E-state index < -0.39 is 0 Å². The van der Waals surface area contributed by atoms with E-state index in [1.54, 1.807) is 7.11 Å². The number of piperazine rings is 1. The molecule has 7 heteroatoms. The van der Waals surface area contributed by atoms with Crippen LogP contribution >= 0.6 is 0 Å². The van der Waals surface area contributed by atoms with Gasteiger partial charge in [0.05, 0.1) is 19.7 Å². The number of nitrogens with one attached hydrogen (secondary N) is 1. The Labute approximate surface area is 151 Å². The lowest BCUT2D eigenvalue weighted by atomic mass is 10.00. The SMILES string of the molecule is CCC1CCCCN1C(=O)CN1CCN(CC(=O)NCCOC)CC1. The summed E-state index contributed by atoms with van der Waals surface area (Å²) in [5.41, 5.74) is 0. The van der Waals surface area contributed by atoms with Crippen molar-refractivity contribution in [3.05, 3.63) is 0 Å². The fourth-order valence-corrected chi connectivity index (χ4v) is 3.69.